The number of halogens is 5. The number of nitrogens with zero attached hydrogens (tertiary/aromatic N) is 2. The van der Waals surface area contributed by atoms with E-state index in [4.69, 9.17) is 5.26 Å². The Balaban J connectivity index is 3.10. The zero-order valence-electron chi connectivity index (χ0n) is 7.48. The molecule has 0 aliphatic rings. The fourth-order valence-electron chi connectivity index (χ4n) is 0.887. The van der Waals surface area contributed by atoms with Crippen LogP contribution in [-0.2, 0) is 6.42 Å². The molecule has 16 heavy (non-hydrogen) atoms. The van der Waals surface area contributed by atoms with Crippen molar-refractivity contribution in [2.45, 2.75) is 12.8 Å². The van der Waals surface area contributed by atoms with Crippen molar-refractivity contribution >= 4 is 38.5 Å². The van der Waals surface area contributed by atoms with Crippen LogP contribution in [0.3, 0.4) is 0 Å². The van der Waals surface area contributed by atoms with Crippen molar-refractivity contribution in [3.8, 4) is 11.9 Å². The standard InChI is InChI=1S/C8H3BrF3IN2O/c9-4-3-6(16-8(10,11)12)15-5(1-2-14)7(4)13/h3H,1H2. The molecule has 8 heteroatoms. The summed E-state index contributed by atoms with van der Waals surface area (Å²) in [5.41, 5.74) is 0.247. The molecule has 0 radical (unpaired) electrons. The topological polar surface area (TPSA) is 45.9 Å². The van der Waals surface area contributed by atoms with Gasteiger partial charge in [-0.1, -0.05) is 0 Å². The van der Waals surface area contributed by atoms with Crippen molar-refractivity contribution in [1.29, 1.82) is 5.26 Å². The lowest BCUT2D eigenvalue weighted by Gasteiger charge is -2.10. The summed E-state index contributed by atoms with van der Waals surface area (Å²) in [5.74, 6) is -0.579. The maximum atomic E-state index is 11.9. The Morgan fingerprint density at radius 3 is 2.69 bits per heavy atom. The van der Waals surface area contributed by atoms with Gasteiger partial charge in [-0.05, 0) is 38.5 Å². The molecule has 0 N–H and O–H groups in total. The molecule has 0 aromatic carbocycles. The number of pyridine rings is 1. The van der Waals surface area contributed by atoms with Crippen molar-refractivity contribution in [2.24, 2.45) is 0 Å². The summed E-state index contributed by atoms with van der Waals surface area (Å²) in [6.45, 7) is 0. The average molecular weight is 407 g/mol. The van der Waals surface area contributed by atoms with Crippen LogP contribution >= 0.6 is 38.5 Å². The molecular weight excluding hydrogens is 404 g/mol. The van der Waals surface area contributed by atoms with E-state index in [1.165, 1.54) is 0 Å². The number of alkyl halides is 3. The molecular formula is C8H3BrF3IN2O. The van der Waals surface area contributed by atoms with Crippen molar-refractivity contribution in [1.82, 2.24) is 4.98 Å². The van der Waals surface area contributed by atoms with Crippen LogP contribution in [0.5, 0.6) is 5.88 Å². The second kappa shape index (κ2) is 5.18. The van der Waals surface area contributed by atoms with Gasteiger partial charge in [0.05, 0.1) is 21.8 Å². The fourth-order valence-corrected chi connectivity index (χ4v) is 1.78. The number of aromatic nitrogens is 1. The van der Waals surface area contributed by atoms with Gasteiger partial charge in [-0.15, -0.1) is 13.2 Å². The third-order valence-electron chi connectivity index (χ3n) is 1.43. The van der Waals surface area contributed by atoms with Crippen LogP contribution in [0.2, 0.25) is 0 Å². The Kier molecular flexibility index (Phi) is 4.37. The highest BCUT2D eigenvalue weighted by Crippen LogP contribution is 2.29. The first-order valence-electron chi connectivity index (χ1n) is 3.81. The van der Waals surface area contributed by atoms with Crippen LogP contribution in [0.25, 0.3) is 0 Å². The Labute approximate surface area is 111 Å². The van der Waals surface area contributed by atoms with E-state index in [1.807, 2.05) is 28.7 Å². The van der Waals surface area contributed by atoms with E-state index in [0.717, 1.165) is 6.07 Å². The molecule has 0 aliphatic carbocycles. The van der Waals surface area contributed by atoms with Gasteiger partial charge in [0.1, 0.15) is 0 Å². The minimum Gasteiger partial charge on any atom is -0.388 e. The van der Waals surface area contributed by atoms with E-state index in [1.54, 1.807) is 0 Å². The third kappa shape index (κ3) is 3.79. The molecule has 1 rings (SSSR count). The summed E-state index contributed by atoms with van der Waals surface area (Å²) in [7, 11) is 0. The number of hydrogen-bond acceptors (Lipinski definition) is 3. The number of hydrogen-bond donors (Lipinski definition) is 0. The van der Waals surface area contributed by atoms with Crippen LogP contribution in [-0.4, -0.2) is 11.3 Å². The third-order valence-corrected chi connectivity index (χ3v) is 4.00. The van der Waals surface area contributed by atoms with E-state index in [0.29, 0.717) is 8.04 Å². The summed E-state index contributed by atoms with van der Waals surface area (Å²) in [6, 6.07) is 2.92. The molecule has 0 fully saturated rings. The van der Waals surface area contributed by atoms with Crippen LogP contribution in [0.15, 0.2) is 10.5 Å². The Bertz CT molecular complexity index is 444. The molecule has 0 saturated heterocycles. The SMILES string of the molecule is N#CCc1nc(OC(F)(F)F)cc(Br)c1I. The number of ether oxygens (including phenoxy) is 1. The summed E-state index contributed by atoms with van der Waals surface area (Å²) in [5, 5.41) is 8.49. The van der Waals surface area contributed by atoms with E-state index in [9.17, 15) is 13.2 Å². The fraction of sp³-hybridized carbons (Fsp3) is 0.250. The molecule has 1 heterocycles. The second-order valence-electron chi connectivity index (χ2n) is 2.59. The van der Waals surface area contributed by atoms with Crippen molar-refractivity contribution in [3.05, 3.63) is 19.8 Å². The molecule has 0 saturated carbocycles. The maximum Gasteiger partial charge on any atom is 0.574 e. The van der Waals surface area contributed by atoms with Gasteiger partial charge in [0.2, 0.25) is 5.88 Å². The highest BCUT2D eigenvalue weighted by atomic mass is 127. The van der Waals surface area contributed by atoms with Crippen LogP contribution in [0.1, 0.15) is 5.69 Å². The van der Waals surface area contributed by atoms with Crippen molar-refractivity contribution in [3.63, 3.8) is 0 Å². The van der Waals surface area contributed by atoms with Crippen molar-refractivity contribution < 1.29 is 17.9 Å². The first-order chi connectivity index (χ1) is 7.33. The summed E-state index contributed by atoms with van der Waals surface area (Å²) < 4.78 is 40.5. The maximum absolute atomic E-state index is 11.9. The molecule has 0 bridgehead atoms. The molecule has 0 spiro atoms. The van der Waals surface area contributed by atoms with Crippen LogP contribution in [0.4, 0.5) is 13.2 Å². The van der Waals surface area contributed by atoms with Gasteiger partial charge >= 0.3 is 6.36 Å². The minimum absolute atomic E-state index is 0.0774. The van der Waals surface area contributed by atoms with Gasteiger partial charge in [0.25, 0.3) is 0 Å². The van der Waals surface area contributed by atoms with Crippen LogP contribution < -0.4 is 4.74 Å². The lowest BCUT2D eigenvalue weighted by atomic mass is 10.3. The van der Waals surface area contributed by atoms with Crippen molar-refractivity contribution in [2.75, 3.05) is 0 Å². The molecule has 0 unspecified atom stereocenters. The smallest absolute Gasteiger partial charge is 0.388 e. The Hall–Kier alpha value is -0.560. The monoisotopic (exact) mass is 406 g/mol. The highest BCUT2D eigenvalue weighted by molar-refractivity contribution is 14.1. The minimum atomic E-state index is -4.79. The summed E-state index contributed by atoms with van der Waals surface area (Å²) in [6.07, 6.45) is -4.87. The average Bonchev–Trinajstić information content (AvgIpc) is 2.11. The first kappa shape index (κ1) is 13.5. The van der Waals surface area contributed by atoms with Gasteiger partial charge in [-0.2, -0.15) is 5.26 Å². The normalized spacial score (nSPS) is 11.0. The number of rotatable bonds is 2. The van der Waals surface area contributed by atoms with E-state index in [-0.39, 0.29) is 12.1 Å². The predicted molar refractivity (Wildman–Crippen MR) is 60.7 cm³/mol. The molecule has 0 aliphatic heterocycles. The largest absolute Gasteiger partial charge is 0.574 e. The summed E-state index contributed by atoms with van der Waals surface area (Å²) in [4.78, 5) is 3.61. The van der Waals surface area contributed by atoms with Gasteiger partial charge < -0.3 is 4.74 Å². The molecule has 86 valence electrons. The van der Waals surface area contributed by atoms with E-state index < -0.39 is 12.2 Å². The molecule has 1 aromatic rings. The summed E-state index contributed by atoms with van der Waals surface area (Å²) >= 11 is 4.96. The zero-order chi connectivity index (χ0) is 12.3. The second-order valence-corrected chi connectivity index (χ2v) is 4.52. The van der Waals surface area contributed by atoms with Crippen LogP contribution in [0, 0.1) is 14.9 Å². The van der Waals surface area contributed by atoms with Gasteiger partial charge in [0, 0.05) is 10.5 Å². The van der Waals surface area contributed by atoms with Gasteiger partial charge in [0.15, 0.2) is 0 Å². The van der Waals surface area contributed by atoms with Gasteiger partial charge in [-0.3, -0.25) is 0 Å². The Morgan fingerprint density at radius 1 is 1.56 bits per heavy atom. The van der Waals surface area contributed by atoms with E-state index in [2.05, 4.69) is 25.7 Å². The zero-order valence-corrected chi connectivity index (χ0v) is 11.2. The highest BCUT2D eigenvalue weighted by Gasteiger charge is 2.32. The molecule has 3 nitrogen and oxygen atoms in total. The molecule has 0 atom stereocenters. The first-order valence-corrected chi connectivity index (χ1v) is 5.68. The van der Waals surface area contributed by atoms with Gasteiger partial charge in [-0.25, -0.2) is 4.98 Å². The van der Waals surface area contributed by atoms with E-state index >= 15 is 0 Å². The quantitative estimate of drug-likeness (QED) is 0.707. The lowest BCUT2D eigenvalue weighted by Crippen LogP contribution is -2.18. The Morgan fingerprint density at radius 2 is 2.19 bits per heavy atom. The molecule has 0 amide bonds. The predicted octanol–water partition coefficient (Wildman–Crippen LogP) is 3.41. The lowest BCUT2D eigenvalue weighted by molar-refractivity contribution is -0.276. The molecule has 1 aromatic heterocycles. The number of nitriles is 1.